The van der Waals surface area contributed by atoms with E-state index in [0.717, 1.165) is 21.8 Å². The van der Waals surface area contributed by atoms with Gasteiger partial charge in [0.25, 0.3) is 0 Å². The average Bonchev–Trinajstić information content (AvgIpc) is 2.62. The fourth-order valence-electron chi connectivity index (χ4n) is 1.17. The van der Waals surface area contributed by atoms with E-state index in [4.69, 9.17) is 5.73 Å². The lowest BCUT2D eigenvalue weighted by atomic mass is 10.1. The minimum absolute atomic E-state index is 0.466. The number of nitrogens with two attached hydrogens (primary N) is 1. The summed E-state index contributed by atoms with van der Waals surface area (Å²) in [5.74, 6) is 0.939. The van der Waals surface area contributed by atoms with Crippen LogP contribution in [-0.2, 0) is 0 Å². The van der Waals surface area contributed by atoms with E-state index >= 15 is 0 Å². The monoisotopic (exact) mass is 208 g/mol. The molecule has 0 bridgehead atoms. The Morgan fingerprint density at radius 3 is 2.93 bits per heavy atom. The minimum Gasteiger partial charge on any atom is -0.382 e. The molecule has 2 rings (SSSR count). The minimum atomic E-state index is 0.466. The Labute approximate surface area is 86.2 Å². The Morgan fingerprint density at radius 1 is 1.50 bits per heavy atom. The Balaban J connectivity index is 2.56. The number of nitrogen functional groups attached to an aromatic ring is 1. The van der Waals surface area contributed by atoms with Gasteiger partial charge in [0.05, 0.1) is 5.01 Å². The Morgan fingerprint density at radius 2 is 2.29 bits per heavy atom. The fraction of sp³-hybridized carbons (Fsp3) is 0.444. The quantitative estimate of drug-likeness (QED) is 0.821. The number of anilines is 1. The second kappa shape index (κ2) is 3.49. The Hall–Kier alpha value is -1.23. The highest BCUT2D eigenvalue weighted by Crippen LogP contribution is 2.29. The van der Waals surface area contributed by atoms with Crippen molar-refractivity contribution in [1.82, 2.24) is 15.0 Å². The molecule has 0 radical (unpaired) electrons. The Bertz CT molecular complexity index is 451. The van der Waals surface area contributed by atoms with Gasteiger partial charge >= 0.3 is 0 Å². The van der Waals surface area contributed by atoms with Crippen molar-refractivity contribution in [2.45, 2.75) is 26.2 Å². The maximum atomic E-state index is 5.70. The van der Waals surface area contributed by atoms with Crippen LogP contribution in [0.3, 0.4) is 0 Å². The van der Waals surface area contributed by atoms with E-state index in [9.17, 15) is 0 Å². The topological polar surface area (TPSA) is 64.7 Å². The summed E-state index contributed by atoms with van der Waals surface area (Å²) in [5, 5.41) is 1.09. The summed E-state index contributed by atoms with van der Waals surface area (Å²) >= 11 is 1.60. The van der Waals surface area contributed by atoms with E-state index in [1.54, 1.807) is 11.3 Å². The highest BCUT2D eigenvalue weighted by Gasteiger charge is 2.12. The summed E-state index contributed by atoms with van der Waals surface area (Å²) in [6, 6.07) is 0. The SMILES string of the molecule is CCC(C)c1nc2c(N)ncnc2s1. The predicted octanol–water partition coefficient (Wildman–Crippen LogP) is 2.18. The third-order valence-electron chi connectivity index (χ3n) is 2.27. The zero-order valence-corrected chi connectivity index (χ0v) is 9.01. The zero-order chi connectivity index (χ0) is 10.1. The van der Waals surface area contributed by atoms with Gasteiger partial charge in [-0.1, -0.05) is 25.2 Å². The van der Waals surface area contributed by atoms with E-state index < -0.39 is 0 Å². The number of rotatable bonds is 2. The highest BCUT2D eigenvalue weighted by atomic mass is 32.1. The van der Waals surface area contributed by atoms with Crippen LogP contribution in [0.1, 0.15) is 31.2 Å². The summed E-state index contributed by atoms with van der Waals surface area (Å²) < 4.78 is 0. The van der Waals surface area contributed by atoms with Crippen molar-refractivity contribution in [1.29, 1.82) is 0 Å². The molecule has 0 spiro atoms. The molecule has 0 fully saturated rings. The molecule has 2 aromatic rings. The van der Waals surface area contributed by atoms with Gasteiger partial charge in [-0.15, -0.1) is 0 Å². The van der Waals surface area contributed by atoms with Crippen molar-refractivity contribution < 1.29 is 0 Å². The van der Waals surface area contributed by atoms with Gasteiger partial charge in [-0.3, -0.25) is 0 Å². The molecule has 0 saturated heterocycles. The van der Waals surface area contributed by atoms with Crippen molar-refractivity contribution in [3.05, 3.63) is 11.3 Å². The van der Waals surface area contributed by atoms with Crippen molar-refractivity contribution in [3.8, 4) is 0 Å². The number of hydrogen-bond acceptors (Lipinski definition) is 5. The lowest BCUT2D eigenvalue weighted by Gasteiger charge is -2.00. The van der Waals surface area contributed by atoms with E-state index in [0.29, 0.717) is 11.7 Å². The van der Waals surface area contributed by atoms with E-state index in [2.05, 4.69) is 28.8 Å². The molecule has 14 heavy (non-hydrogen) atoms. The predicted molar refractivity (Wildman–Crippen MR) is 58.3 cm³/mol. The van der Waals surface area contributed by atoms with Gasteiger partial charge in [-0.25, -0.2) is 15.0 Å². The molecule has 2 heterocycles. The lowest BCUT2D eigenvalue weighted by molar-refractivity contribution is 0.729. The van der Waals surface area contributed by atoms with Crippen LogP contribution in [0.5, 0.6) is 0 Å². The van der Waals surface area contributed by atoms with Crippen LogP contribution >= 0.6 is 11.3 Å². The van der Waals surface area contributed by atoms with Crippen LogP contribution in [0.4, 0.5) is 5.82 Å². The molecule has 1 atom stereocenters. The van der Waals surface area contributed by atoms with Crippen LogP contribution in [0.2, 0.25) is 0 Å². The average molecular weight is 208 g/mol. The van der Waals surface area contributed by atoms with Crippen LogP contribution in [-0.4, -0.2) is 15.0 Å². The molecule has 74 valence electrons. The van der Waals surface area contributed by atoms with Crippen LogP contribution in [0.25, 0.3) is 10.3 Å². The fourth-order valence-corrected chi connectivity index (χ4v) is 2.22. The zero-order valence-electron chi connectivity index (χ0n) is 8.19. The normalized spacial score (nSPS) is 13.3. The molecule has 0 aliphatic carbocycles. The summed E-state index contributed by atoms with van der Waals surface area (Å²) in [6.45, 7) is 4.30. The van der Waals surface area contributed by atoms with Crippen LogP contribution in [0.15, 0.2) is 6.33 Å². The molecule has 0 saturated carbocycles. The van der Waals surface area contributed by atoms with Crippen LogP contribution in [0, 0.1) is 0 Å². The Kier molecular flexibility index (Phi) is 2.33. The third kappa shape index (κ3) is 1.43. The molecule has 1 unspecified atom stereocenters. The van der Waals surface area contributed by atoms with Gasteiger partial charge in [0.1, 0.15) is 16.7 Å². The standard InChI is InChI=1S/C9H12N4S/c1-3-5(2)8-13-6-7(10)11-4-12-9(6)14-8/h4-5H,3H2,1-2H3,(H2,10,11,12). The molecule has 0 aliphatic heterocycles. The van der Waals surface area contributed by atoms with Crippen molar-refractivity contribution in [2.75, 3.05) is 5.73 Å². The van der Waals surface area contributed by atoms with Gasteiger partial charge in [-0.05, 0) is 6.42 Å². The number of nitrogens with zero attached hydrogens (tertiary/aromatic N) is 3. The molecule has 0 amide bonds. The highest BCUT2D eigenvalue weighted by molar-refractivity contribution is 7.18. The van der Waals surface area contributed by atoms with E-state index in [-0.39, 0.29) is 0 Å². The summed E-state index contributed by atoms with van der Waals surface area (Å²) in [6.07, 6.45) is 2.56. The van der Waals surface area contributed by atoms with Crippen molar-refractivity contribution >= 4 is 27.5 Å². The molecule has 0 aliphatic rings. The number of fused-ring (bicyclic) bond motifs is 1. The molecule has 5 heteroatoms. The first-order valence-electron chi connectivity index (χ1n) is 4.59. The summed E-state index contributed by atoms with van der Waals surface area (Å²) in [4.78, 5) is 13.4. The van der Waals surface area contributed by atoms with E-state index in [1.165, 1.54) is 6.33 Å². The first kappa shape index (κ1) is 9.33. The van der Waals surface area contributed by atoms with Gasteiger partial charge in [0.15, 0.2) is 5.82 Å². The maximum Gasteiger partial charge on any atom is 0.154 e. The number of aromatic nitrogens is 3. The third-order valence-corrected chi connectivity index (χ3v) is 3.47. The molecule has 2 N–H and O–H groups in total. The van der Waals surface area contributed by atoms with Gasteiger partial charge in [-0.2, -0.15) is 0 Å². The maximum absolute atomic E-state index is 5.70. The first-order chi connectivity index (χ1) is 6.72. The van der Waals surface area contributed by atoms with Crippen molar-refractivity contribution in [3.63, 3.8) is 0 Å². The molecule has 2 aromatic heterocycles. The molecular weight excluding hydrogens is 196 g/mol. The molecular formula is C9H12N4S. The second-order valence-electron chi connectivity index (χ2n) is 3.27. The van der Waals surface area contributed by atoms with E-state index in [1.807, 2.05) is 0 Å². The second-order valence-corrected chi connectivity index (χ2v) is 4.28. The largest absolute Gasteiger partial charge is 0.382 e. The number of thiazole rings is 1. The van der Waals surface area contributed by atoms with Crippen LogP contribution < -0.4 is 5.73 Å². The first-order valence-corrected chi connectivity index (χ1v) is 5.41. The van der Waals surface area contributed by atoms with Gasteiger partial charge in [0.2, 0.25) is 0 Å². The van der Waals surface area contributed by atoms with Gasteiger partial charge < -0.3 is 5.73 Å². The smallest absolute Gasteiger partial charge is 0.154 e. The van der Waals surface area contributed by atoms with Gasteiger partial charge in [0, 0.05) is 5.92 Å². The summed E-state index contributed by atoms with van der Waals surface area (Å²) in [7, 11) is 0. The molecule has 4 nitrogen and oxygen atoms in total. The summed E-state index contributed by atoms with van der Waals surface area (Å²) in [5.41, 5.74) is 6.45. The molecule has 0 aromatic carbocycles. The van der Waals surface area contributed by atoms with Crippen molar-refractivity contribution in [2.24, 2.45) is 0 Å². The lowest BCUT2D eigenvalue weighted by Crippen LogP contribution is -1.93. The number of hydrogen-bond donors (Lipinski definition) is 1.